The molecule has 3 N–H and O–H groups in total. The Hall–Kier alpha value is -1.46. The van der Waals surface area contributed by atoms with E-state index >= 15 is 0 Å². The number of ether oxygens (including phenoxy) is 2. The van der Waals surface area contributed by atoms with Crippen molar-refractivity contribution < 1.29 is 19.1 Å². The van der Waals surface area contributed by atoms with Crippen molar-refractivity contribution in [2.24, 2.45) is 5.73 Å². The van der Waals surface area contributed by atoms with Crippen LogP contribution in [0.4, 0.5) is 9.59 Å². The first-order valence-electron chi connectivity index (χ1n) is 7.74. The van der Waals surface area contributed by atoms with Crippen molar-refractivity contribution in [1.29, 1.82) is 0 Å². The van der Waals surface area contributed by atoms with E-state index in [0.717, 1.165) is 19.3 Å². The van der Waals surface area contributed by atoms with Gasteiger partial charge < -0.3 is 20.5 Å². The zero-order valence-corrected chi connectivity index (χ0v) is 15.4. The average molecular weight is 318 g/mol. The van der Waals surface area contributed by atoms with Crippen molar-refractivity contribution in [3.63, 3.8) is 0 Å². The molecule has 1 atom stereocenters. The minimum absolute atomic E-state index is 0.199. The molecule has 0 bridgehead atoms. The lowest BCUT2D eigenvalue weighted by Gasteiger charge is -2.21. The molecule has 0 saturated heterocycles. The summed E-state index contributed by atoms with van der Waals surface area (Å²) in [5.41, 5.74) is 3.86. The summed E-state index contributed by atoms with van der Waals surface area (Å²) in [5, 5.41) is 2.81. The predicted octanol–water partition coefficient (Wildman–Crippen LogP) is 3.97. The third-order valence-corrected chi connectivity index (χ3v) is 2.16. The maximum absolute atomic E-state index is 11.3. The Kier molecular flexibility index (Phi) is 10.7. The summed E-state index contributed by atoms with van der Waals surface area (Å²) < 4.78 is 9.71. The first kappa shape index (κ1) is 22.8. The topological polar surface area (TPSA) is 90.6 Å². The van der Waals surface area contributed by atoms with Gasteiger partial charge in [-0.25, -0.2) is 9.59 Å². The maximum atomic E-state index is 11.3. The normalized spacial score (nSPS) is 12.5. The lowest BCUT2D eigenvalue weighted by molar-refractivity contribution is 0.0504. The average Bonchev–Trinajstić information content (AvgIpc) is 2.20. The minimum atomic E-state index is -0.725. The van der Waals surface area contributed by atoms with Gasteiger partial charge in [0.25, 0.3) is 0 Å². The van der Waals surface area contributed by atoms with Gasteiger partial charge in [0.15, 0.2) is 0 Å². The van der Waals surface area contributed by atoms with E-state index in [1.54, 1.807) is 20.8 Å². The molecule has 0 rings (SSSR count). The lowest BCUT2D eigenvalue weighted by atomic mass is 10.1. The lowest BCUT2D eigenvalue weighted by Crippen LogP contribution is -2.37. The highest BCUT2D eigenvalue weighted by Crippen LogP contribution is 2.07. The number of hydrogen-bond donors (Lipinski definition) is 2. The number of carbonyl (C=O) groups is 2. The van der Waals surface area contributed by atoms with Crippen LogP contribution in [-0.2, 0) is 9.47 Å². The summed E-state index contributed by atoms with van der Waals surface area (Å²) in [7, 11) is 0. The van der Waals surface area contributed by atoms with E-state index in [1.165, 1.54) is 0 Å². The Morgan fingerprint density at radius 3 is 1.77 bits per heavy atom. The quantitative estimate of drug-likeness (QED) is 0.820. The molecule has 22 heavy (non-hydrogen) atoms. The Labute approximate surface area is 135 Å². The first-order chi connectivity index (χ1) is 9.76. The van der Waals surface area contributed by atoms with E-state index < -0.39 is 17.3 Å². The number of amides is 2. The molecule has 6 nitrogen and oxygen atoms in total. The van der Waals surface area contributed by atoms with Crippen LogP contribution in [0.1, 0.15) is 74.7 Å². The molecule has 0 aromatic heterocycles. The first-order valence-corrected chi connectivity index (χ1v) is 7.74. The van der Waals surface area contributed by atoms with Crippen LogP contribution >= 0.6 is 0 Å². The summed E-state index contributed by atoms with van der Waals surface area (Å²) in [6.45, 7) is 15.0. The molecule has 0 aromatic rings. The van der Waals surface area contributed by atoms with Crippen LogP contribution in [0.5, 0.6) is 0 Å². The van der Waals surface area contributed by atoms with E-state index in [0.29, 0.717) is 0 Å². The minimum Gasteiger partial charge on any atom is -0.444 e. The summed E-state index contributed by atoms with van der Waals surface area (Å²) in [5.74, 6) is 0. The second-order valence-corrected chi connectivity index (χ2v) is 7.22. The molecule has 0 radical (unpaired) electrons. The van der Waals surface area contributed by atoms with Crippen LogP contribution < -0.4 is 11.1 Å². The SMILES string of the molecule is CC(C)(C)OC(N)=O.CCCC[C@H](C)NC(=O)OC(C)(C)C. The highest BCUT2D eigenvalue weighted by molar-refractivity contribution is 5.68. The zero-order valence-electron chi connectivity index (χ0n) is 15.4. The van der Waals surface area contributed by atoms with Gasteiger partial charge >= 0.3 is 12.2 Å². The zero-order chi connectivity index (χ0) is 18.0. The molecule has 0 aromatic carbocycles. The van der Waals surface area contributed by atoms with Crippen molar-refractivity contribution in [3.8, 4) is 0 Å². The molecule has 6 heteroatoms. The van der Waals surface area contributed by atoms with Crippen LogP contribution in [0.3, 0.4) is 0 Å². The number of nitrogens with one attached hydrogen (secondary N) is 1. The summed E-state index contributed by atoms with van der Waals surface area (Å²) in [4.78, 5) is 21.3. The highest BCUT2D eigenvalue weighted by Gasteiger charge is 2.17. The van der Waals surface area contributed by atoms with Crippen molar-refractivity contribution in [1.82, 2.24) is 5.32 Å². The molecule has 0 unspecified atom stereocenters. The summed E-state index contributed by atoms with van der Waals surface area (Å²) >= 11 is 0. The molecule has 0 aliphatic heterocycles. The van der Waals surface area contributed by atoms with Gasteiger partial charge in [-0.05, 0) is 54.9 Å². The Morgan fingerprint density at radius 2 is 1.50 bits per heavy atom. The molecule has 2 amide bonds. The Bertz CT molecular complexity index is 330. The second kappa shape index (κ2) is 10.3. The fourth-order valence-corrected chi connectivity index (χ4v) is 1.39. The van der Waals surface area contributed by atoms with Gasteiger partial charge in [0, 0.05) is 6.04 Å². The molecular weight excluding hydrogens is 284 g/mol. The van der Waals surface area contributed by atoms with E-state index in [2.05, 4.69) is 17.0 Å². The van der Waals surface area contributed by atoms with Crippen molar-refractivity contribution in [3.05, 3.63) is 0 Å². The number of hydrogen-bond acceptors (Lipinski definition) is 4. The van der Waals surface area contributed by atoms with E-state index in [4.69, 9.17) is 10.5 Å². The third-order valence-electron chi connectivity index (χ3n) is 2.16. The van der Waals surface area contributed by atoms with E-state index in [9.17, 15) is 9.59 Å². The molecule has 0 fully saturated rings. The van der Waals surface area contributed by atoms with Gasteiger partial charge in [0.1, 0.15) is 11.2 Å². The number of rotatable bonds is 4. The van der Waals surface area contributed by atoms with Crippen molar-refractivity contribution >= 4 is 12.2 Å². The molecule has 0 saturated carbocycles. The Morgan fingerprint density at radius 1 is 1.05 bits per heavy atom. The molecule has 132 valence electrons. The number of nitrogens with two attached hydrogens (primary N) is 1. The van der Waals surface area contributed by atoms with Crippen LogP contribution in [0, 0.1) is 0 Å². The smallest absolute Gasteiger partial charge is 0.407 e. The molecule has 0 aliphatic rings. The fourth-order valence-electron chi connectivity index (χ4n) is 1.39. The van der Waals surface area contributed by atoms with E-state index in [-0.39, 0.29) is 12.1 Å². The van der Waals surface area contributed by atoms with Crippen molar-refractivity contribution in [2.75, 3.05) is 0 Å². The number of primary amides is 1. The van der Waals surface area contributed by atoms with Gasteiger partial charge in [-0.3, -0.25) is 0 Å². The molecule has 0 heterocycles. The standard InChI is InChI=1S/C11H23NO2.C5H11NO2/c1-6-7-8-9(2)12-10(13)14-11(3,4)5;1-5(2,3)8-4(6)7/h9H,6-8H2,1-5H3,(H,12,13);1-3H3,(H2,6,7)/t9-;/m0./s1. The van der Waals surface area contributed by atoms with Crippen LogP contribution in [0.15, 0.2) is 0 Å². The van der Waals surface area contributed by atoms with Gasteiger partial charge in [0.05, 0.1) is 0 Å². The fraction of sp³-hybridized carbons (Fsp3) is 0.875. The number of carbonyl (C=O) groups excluding carboxylic acids is 2. The molecule has 0 aliphatic carbocycles. The largest absolute Gasteiger partial charge is 0.444 e. The predicted molar refractivity (Wildman–Crippen MR) is 88.8 cm³/mol. The highest BCUT2D eigenvalue weighted by atomic mass is 16.6. The van der Waals surface area contributed by atoms with Gasteiger partial charge in [-0.1, -0.05) is 19.8 Å². The van der Waals surface area contributed by atoms with Gasteiger partial charge in [-0.2, -0.15) is 0 Å². The van der Waals surface area contributed by atoms with Crippen molar-refractivity contribution in [2.45, 2.75) is 91.9 Å². The number of alkyl carbamates (subject to hydrolysis) is 1. The van der Waals surface area contributed by atoms with Gasteiger partial charge in [0.2, 0.25) is 0 Å². The molecular formula is C16H34N2O4. The number of unbranched alkanes of at least 4 members (excludes halogenated alkanes) is 1. The Balaban J connectivity index is 0. The van der Waals surface area contributed by atoms with Crippen LogP contribution in [0.2, 0.25) is 0 Å². The van der Waals surface area contributed by atoms with E-state index in [1.807, 2.05) is 27.7 Å². The summed E-state index contributed by atoms with van der Waals surface area (Å²) in [6, 6.07) is 0.199. The summed E-state index contributed by atoms with van der Waals surface area (Å²) in [6.07, 6.45) is 2.26. The monoisotopic (exact) mass is 318 g/mol. The van der Waals surface area contributed by atoms with Gasteiger partial charge in [-0.15, -0.1) is 0 Å². The third kappa shape index (κ3) is 20.8. The van der Waals surface area contributed by atoms with Crippen LogP contribution in [0.25, 0.3) is 0 Å². The maximum Gasteiger partial charge on any atom is 0.407 e. The van der Waals surface area contributed by atoms with Crippen LogP contribution in [-0.4, -0.2) is 29.4 Å². The second-order valence-electron chi connectivity index (χ2n) is 7.22. The molecule has 0 spiro atoms.